The monoisotopic (exact) mass is 549 g/mol. The summed E-state index contributed by atoms with van der Waals surface area (Å²) in [6, 6.07) is 12.0. The Morgan fingerprint density at radius 1 is 1.18 bits per heavy atom. The summed E-state index contributed by atoms with van der Waals surface area (Å²) in [5.74, 6) is -0.271. The van der Waals surface area contributed by atoms with Crippen LogP contribution >= 0.6 is 27.7 Å². The number of hydrogen-bond acceptors (Lipinski definition) is 6. The van der Waals surface area contributed by atoms with Gasteiger partial charge in [0.05, 0.1) is 16.8 Å². The molecule has 3 aromatic rings. The minimum atomic E-state index is -4.00. The zero-order valence-electron chi connectivity index (χ0n) is 18.2. The third-order valence-electron chi connectivity index (χ3n) is 4.87. The molecule has 0 spiro atoms. The lowest BCUT2D eigenvalue weighted by Gasteiger charge is -2.08. The van der Waals surface area contributed by atoms with E-state index in [2.05, 4.69) is 38.1 Å². The first-order chi connectivity index (χ1) is 15.7. The molecule has 0 unspecified atom stereocenters. The maximum absolute atomic E-state index is 12.9. The maximum atomic E-state index is 12.9. The summed E-state index contributed by atoms with van der Waals surface area (Å²) in [5.41, 5.74) is 1.92. The van der Waals surface area contributed by atoms with E-state index in [1.807, 2.05) is 19.1 Å². The molecule has 1 heterocycles. The third-order valence-corrected chi connectivity index (χ3v) is 8.41. The van der Waals surface area contributed by atoms with Gasteiger partial charge in [0.2, 0.25) is 15.7 Å². The van der Waals surface area contributed by atoms with Gasteiger partial charge in [-0.1, -0.05) is 53.2 Å². The lowest BCUT2D eigenvalue weighted by molar-refractivity contribution is -0.113. The molecule has 0 bridgehead atoms. The van der Waals surface area contributed by atoms with Crippen LogP contribution in [0.15, 0.2) is 72.9 Å². The normalized spacial score (nSPS) is 11.4. The summed E-state index contributed by atoms with van der Waals surface area (Å²) in [7, 11) is -4.00. The Balaban J connectivity index is 1.67. The number of rotatable bonds is 9. The molecule has 0 fully saturated rings. The highest BCUT2D eigenvalue weighted by atomic mass is 79.9. The largest absolute Gasteiger partial charge is 0.325 e. The van der Waals surface area contributed by atoms with Crippen molar-refractivity contribution in [2.75, 3.05) is 11.1 Å². The molecule has 1 aromatic heterocycles. The highest BCUT2D eigenvalue weighted by Gasteiger charge is 2.22. The highest BCUT2D eigenvalue weighted by molar-refractivity contribution is 9.10. The predicted molar refractivity (Wildman–Crippen MR) is 134 cm³/mol. The number of aromatic amines is 1. The molecule has 0 aliphatic rings. The standard InChI is InChI=1S/C23H24BrN3O4S2/c1-3-4-5-16-6-9-18(10-7-16)33(30,31)20-13-25-23(27-22(20)29)32-14-21(28)26-17-8-11-19(24)15(2)12-17/h6-13H,3-5,14H2,1-2H3,(H,26,28)(H,25,27,29). The number of H-pyrrole nitrogens is 1. The van der Waals surface area contributed by atoms with Crippen LogP contribution in [0.3, 0.4) is 0 Å². The molecule has 0 saturated heterocycles. The number of benzene rings is 2. The Bertz CT molecular complexity index is 1310. The molecule has 10 heteroatoms. The molecule has 0 saturated carbocycles. The predicted octanol–water partition coefficient (Wildman–Crippen LogP) is 4.75. The number of thioether (sulfide) groups is 1. The van der Waals surface area contributed by atoms with Crippen LogP contribution in [0.4, 0.5) is 5.69 Å². The number of aromatic nitrogens is 2. The van der Waals surface area contributed by atoms with Gasteiger partial charge in [-0.15, -0.1) is 0 Å². The zero-order chi connectivity index (χ0) is 24.0. The van der Waals surface area contributed by atoms with E-state index >= 15 is 0 Å². The molecular weight excluding hydrogens is 526 g/mol. The van der Waals surface area contributed by atoms with Gasteiger partial charge in [-0.3, -0.25) is 9.59 Å². The van der Waals surface area contributed by atoms with Crippen LogP contribution in [-0.4, -0.2) is 30.0 Å². The number of carbonyl (C=O) groups excluding carboxylic acids is 1. The van der Waals surface area contributed by atoms with Crippen molar-refractivity contribution in [2.24, 2.45) is 0 Å². The van der Waals surface area contributed by atoms with Crippen molar-refractivity contribution in [3.8, 4) is 0 Å². The molecule has 2 N–H and O–H groups in total. The van der Waals surface area contributed by atoms with Crippen molar-refractivity contribution in [1.82, 2.24) is 9.97 Å². The molecule has 0 aliphatic heterocycles. The molecule has 7 nitrogen and oxygen atoms in total. The summed E-state index contributed by atoms with van der Waals surface area (Å²) in [4.78, 5) is 30.8. The SMILES string of the molecule is CCCCc1ccc(S(=O)(=O)c2cnc(SCC(=O)Nc3ccc(Br)c(C)c3)[nH]c2=O)cc1. The number of anilines is 1. The second-order valence-corrected chi connectivity index (χ2v) is 11.2. The molecule has 1 amide bonds. The fraction of sp³-hybridized carbons (Fsp3) is 0.261. The van der Waals surface area contributed by atoms with Crippen LogP contribution in [0.5, 0.6) is 0 Å². The van der Waals surface area contributed by atoms with E-state index in [1.54, 1.807) is 18.2 Å². The number of nitrogens with zero attached hydrogens (tertiary/aromatic N) is 1. The van der Waals surface area contributed by atoms with Gasteiger partial charge in [-0.2, -0.15) is 0 Å². The molecule has 2 aromatic carbocycles. The van der Waals surface area contributed by atoms with Crippen molar-refractivity contribution in [3.63, 3.8) is 0 Å². The van der Waals surface area contributed by atoms with E-state index < -0.39 is 20.3 Å². The summed E-state index contributed by atoms with van der Waals surface area (Å²) in [6.07, 6.45) is 3.99. The smallest absolute Gasteiger partial charge is 0.270 e. The van der Waals surface area contributed by atoms with Crippen LogP contribution in [0.25, 0.3) is 0 Å². The first-order valence-electron chi connectivity index (χ1n) is 10.3. The highest BCUT2D eigenvalue weighted by Crippen LogP contribution is 2.22. The minimum absolute atomic E-state index is 0.00334. The lowest BCUT2D eigenvalue weighted by Crippen LogP contribution is -2.20. The number of sulfone groups is 1. The van der Waals surface area contributed by atoms with Crippen LogP contribution < -0.4 is 10.9 Å². The van der Waals surface area contributed by atoms with Crippen LogP contribution in [0, 0.1) is 6.92 Å². The number of nitrogens with one attached hydrogen (secondary N) is 2. The molecule has 0 atom stereocenters. The van der Waals surface area contributed by atoms with Gasteiger partial charge in [0, 0.05) is 10.2 Å². The average molecular weight is 551 g/mol. The number of amides is 1. The van der Waals surface area contributed by atoms with E-state index in [4.69, 9.17) is 0 Å². The van der Waals surface area contributed by atoms with Gasteiger partial charge in [0.1, 0.15) is 0 Å². The minimum Gasteiger partial charge on any atom is -0.325 e. The van der Waals surface area contributed by atoms with Crippen molar-refractivity contribution in [1.29, 1.82) is 0 Å². The summed E-state index contributed by atoms with van der Waals surface area (Å²) >= 11 is 4.42. The molecule has 0 aliphatic carbocycles. The number of carbonyl (C=O) groups is 1. The number of halogens is 1. The average Bonchev–Trinajstić information content (AvgIpc) is 2.79. The second-order valence-electron chi connectivity index (χ2n) is 7.43. The third kappa shape index (κ3) is 6.55. The van der Waals surface area contributed by atoms with Gasteiger partial charge < -0.3 is 10.3 Å². The van der Waals surface area contributed by atoms with Gasteiger partial charge in [-0.25, -0.2) is 13.4 Å². The molecule has 0 radical (unpaired) electrons. The Labute approximate surface area is 205 Å². The van der Waals surface area contributed by atoms with E-state index in [0.29, 0.717) is 5.69 Å². The molecule has 33 heavy (non-hydrogen) atoms. The van der Waals surface area contributed by atoms with Crippen LogP contribution in [0.1, 0.15) is 30.9 Å². The first kappa shape index (κ1) is 25.2. The van der Waals surface area contributed by atoms with E-state index in [1.165, 1.54) is 12.1 Å². The number of hydrogen-bond donors (Lipinski definition) is 2. The molecule has 3 rings (SSSR count). The van der Waals surface area contributed by atoms with E-state index in [-0.39, 0.29) is 21.7 Å². The zero-order valence-corrected chi connectivity index (χ0v) is 21.4. The van der Waals surface area contributed by atoms with Gasteiger partial charge >= 0.3 is 0 Å². The summed E-state index contributed by atoms with van der Waals surface area (Å²) in [6.45, 7) is 4.01. The molecular formula is C23H24BrN3O4S2. The topological polar surface area (TPSA) is 109 Å². The van der Waals surface area contributed by atoms with Crippen LogP contribution in [-0.2, 0) is 21.1 Å². The van der Waals surface area contributed by atoms with Gasteiger partial charge in [-0.05, 0) is 61.2 Å². The van der Waals surface area contributed by atoms with E-state index in [9.17, 15) is 18.0 Å². The second kappa shape index (κ2) is 11.1. The van der Waals surface area contributed by atoms with Gasteiger partial charge in [0.25, 0.3) is 5.56 Å². The number of unbranched alkanes of at least 4 members (excludes halogenated alkanes) is 1. The Hall–Kier alpha value is -2.43. The van der Waals surface area contributed by atoms with Crippen molar-refractivity contribution >= 4 is 49.1 Å². The summed E-state index contributed by atoms with van der Waals surface area (Å²) in [5, 5.41) is 2.94. The first-order valence-corrected chi connectivity index (χ1v) is 13.6. The van der Waals surface area contributed by atoms with Crippen molar-refractivity contribution < 1.29 is 13.2 Å². The summed E-state index contributed by atoms with van der Waals surface area (Å²) < 4.78 is 26.7. The molecule has 174 valence electrons. The van der Waals surface area contributed by atoms with Crippen molar-refractivity contribution in [2.45, 2.75) is 48.1 Å². The lowest BCUT2D eigenvalue weighted by atomic mass is 10.1. The van der Waals surface area contributed by atoms with Gasteiger partial charge in [0.15, 0.2) is 10.1 Å². The van der Waals surface area contributed by atoms with E-state index in [0.717, 1.165) is 52.8 Å². The fourth-order valence-corrected chi connectivity index (χ4v) is 5.14. The Morgan fingerprint density at radius 3 is 2.55 bits per heavy atom. The maximum Gasteiger partial charge on any atom is 0.270 e. The fourth-order valence-electron chi connectivity index (χ4n) is 3.03. The Kier molecular flexibility index (Phi) is 8.50. The number of aryl methyl sites for hydroxylation is 2. The Morgan fingerprint density at radius 2 is 1.91 bits per heavy atom. The van der Waals surface area contributed by atoms with Crippen molar-refractivity contribution in [3.05, 3.63) is 74.6 Å². The quantitative estimate of drug-likeness (QED) is 0.294. The van der Waals surface area contributed by atoms with Crippen LogP contribution in [0.2, 0.25) is 0 Å².